The van der Waals surface area contributed by atoms with E-state index in [1.54, 1.807) is 24.0 Å². The fourth-order valence-corrected chi connectivity index (χ4v) is 3.84. The van der Waals surface area contributed by atoms with Gasteiger partial charge in [-0.15, -0.1) is 0 Å². The van der Waals surface area contributed by atoms with E-state index < -0.39 is 0 Å². The Morgan fingerprint density at radius 1 is 1.03 bits per heavy atom. The van der Waals surface area contributed by atoms with Gasteiger partial charge in [-0.1, -0.05) is 65.3 Å². The van der Waals surface area contributed by atoms with E-state index in [4.69, 9.17) is 9.26 Å². The number of carbonyl (C=O) groups excluding carboxylic acids is 1. The van der Waals surface area contributed by atoms with Gasteiger partial charge in [-0.2, -0.15) is 5.10 Å². The van der Waals surface area contributed by atoms with Gasteiger partial charge >= 0.3 is 0 Å². The van der Waals surface area contributed by atoms with Crippen LogP contribution >= 0.6 is 0 Å². The van der Waals surface area contributed by atoms with Crippen molar-refractivity contribution in [3.8, 4) is 5.75 Å². The van der Waals surface area contributed by atoms with E-state index >= 15 is 0 Å². The van der Waals surface area contributed by atoms with E-state index in [1.165, 1.54) is 10.8 Å². The van der Waals surface area contributed by atoms with E-state index in [1.807, 2.05) is 49.4 Å². The maximum Gasteiger partial charge on any atom is 0.278 e. The number of hydrogen-bond donors (Lipinski definition) is 1. The van der Waals surface area contributed by atoms with E-state index in [0.717, 1.165) is 11.1 Å². The van der Waals surface area contributed by atoms with Crippen LogP contribution in [0.2, 0.25) is 0 Å². The van der Waals surface area contributed by atoms with Gasteiger partial charge < -0.3 is 14.6 Å². The molecule has 0 fully saturated rings. The first-order valence-electron chi connectivity index (χ1n) is 11.0. The van der Waals surface area contributed by atoms with Crippen molar-refractivity contribution in [1.29, 1.82) is 0 Å². The van der Waals surface area contributed by atoms with Crippen molar-refractivity contribution in [3.05, 3.63) is 107 Å². The molecular weight excluding hydrogens is 428 g/mol. The molecule has 2 heterocycles. The Kier molecular flexibility index (Phi) is 5.82. The molecule has 7 heteroatoms. The first kappa shape index (κ1) is 21.5. The van der Waals surface area contributed by atoms with Gasteiger partial charge in [-0.3, -0.25) is 9.48 Å². The second-order valence-electron chi connectivity index (χ2n) is 8.19. The van der Waals surface area contributed by atoms with Crippen molar-refractivity contribution >= 4 is 22.4 Å². The third kappa shape index (κ3) is 4.54. The van der Waals surface area contributed by atoms with Gasteiger partial charge in [-0.05, 0) is 42.3 Å². The third-order valence-corrected chi connectivity index (χ3v) is 5.71. The van der Waals surface area contributed by atoms with E-state index in [0.29, 0.717) is 29.3 Å². The molecule has 0 saturated carbocycles. The second kappa shape index (κ2) is 9.23. The lowest BCUT2D eigenvalue weighted by molar-refractivity contribution is 0.101. The Balaban J connectivity index is 1.28. The highest BCUT2D eigenvalue weighted by molar-refractivity contribution is 6.03. The molecule has 2 aromatic heterocycles. The van der Waals surface area contributed by atoms with Crippen molar-refractivity contribution in [2.75, 3.05) is 5.32 Å². The molecule has 1 N–H and O–H groups in total. The van der Waals surface area contributed by atoms with E-state index in [9.17, 15) is 4.79 Å². The average Bonchev–Trinajstić information content (AvgIpc) is 3.44. The van der Waals surface area contributed by atoms with Gasteiger partial charge in [0.15, 0.2) is 5.69 Å². The monoisotopic (exact) mass is 452 g/mol. The smallest absolute Gasteiger partial charge is 0.278 e. The highest BCUT2D eigenvalue weighted by atomic mass is 16.5. The van der Waals surface area contributed by atoms with Gasteiger partial charge in [-0.25, -0.2) is 0 Å². The lowest BCUT2D eigenvalue weighted by atomic mass is 10.0. The van der Waals surface area contributed by atoms with Crippen molar-refractivity contribution in [2.45, 2.75) is 27.0 Å². The molecular formula is C27H24N4O3. The summed E-state index contributed by atoms with van der Waals surface area (Å²) in [6.07, 6.45) is 3.42. The summed E-state index contributed by atoms with van der Waals surface area (Å²) in [5, 5.41) is 13.6. The van der Waals surface area contributed by atoms with E-state index in [2.05, 4.69) is 39.8 Å². The van der Waals surface area contributed by atoms with Crippen LogP contribution in [0.5, 0.6) is 5.75 Å². The first-order valence-corrected chi connectivity index (χ1v) is 11.0. The molecule has 0 saturated heterocycles. The maximum absolute atomic E-state index is 12.9. The number of ether oxygens (including phenoxy) is 1. The molecule has 34 heavy (non-hydrogen) atoms. The molecule has 5 aromatic rings. The zero-order valence-electron chi connectivity index (χ0n) is 19.0. The average molecular weight is 453 g/mol. The summed E-state index contributed by atoms with van der Waals surface area (Å²) in [5.74, 6) is 0.889. The zero-order valence-corrected chi connectivity index (χ0v) is 19.0. The Hall–Kier alpha value is -4.39. The molecule has 1 amide bonds. The molecule has 0 bridgehead atoms. The van der Waals surface area contributed by atoms with Gasteiger partial charge in [0, 0.05) is 6.20 Å². The lowest BCUT2D eigenvalue weighted by Gasteiger charge is -2.07. The molecule has 0 radical (unpaired) electrons. The van der Waals surface area contributed by atoms with Crippen LogP contribution in [0.4, 0.5) is 5.69 Å². The number of fused-ring (bicyclic) bond motifs is 1. The zero-order chi connectivity index (χ0) is 23.5. The number of benzene rings is 3. The van der Waals surface area contributed by atoms with Crippen LogP contribution in [0, 0.1) is 13.8 Å². The summed E-state index contributed by atoms with van der Waals surface area (Å²) in [7, 11) is 0. The van der Waals surface area contributed by atoms with Gasteiger partial charge in [0.25, 0.3) is 5.91 Å². The number of aromatic nitrogens is 3. The molecule has 3 aromatic carbocycles. The van der Waals surface area contributed by atoms with Gasteiger partial charge in [0.2, 0.25) is 0 Å². The number of aryl methyl sites for hydroxylation is 2. The third-order valence-electron chi connectivity index (χ3n) is 5.71. The number of amides is 1. The van der Waals surface area contributed by atoms with Crippen LogP contribution in [0.1, 0.15) is 32.9 Å². The molecule has 0 aliphatic rings. The molecule has 0 aliphatic heterocycles. The van der Waals surface area contributed by atoms with Crippen LogP contribution < -0.4 is 10.1 Å². The predicted octanol–water partition coefficient (Wildman–Crippen LogP) is 5.52. The molecule has 5 rings (SSSR count). The number of rotatable bonds is 7. The largest absolute Gasteiger partial charge is 0.489 e. The Bertz CT molecular complexity index is 1450. The SMILES string of the molecule is Cc1ccc(OCc2c(C(=O)Nc3cnn(Cc4cccc5ccccc45)c3)noc2C)cc1. The van der Waals surface area contributed by atoms with Crippen LogP contribution in [-0.4, -0.2) is 20.8 Å². The standard InChI is InChI=1S/C27H24N4O3/c1-18-10-12-23(13-11-18)33-17-25-19(2)34-30-26(25)27(32)29-22-14-28-31(16-22)15-21-8-5-7-20-6-3-4-9-24(20)21/h3-14,16H,15,17H2,1-2H3,(H,29,32). The summed E-state index contributed by atoms with van der Waals surface area (Å²) in [6, 6.07) is 22.2. The fourth-order valence-electron chi connectivity index (χ4n) is 3.84. The quantitative estimate of drug-likeness (QED) is 0.352. The molecule has 0 atom stereocenters. The maximum atomic E-state index is 12.9. The van der Waals surface area contributed by atoms with Crippen molar-refractivity contribution in [2.24, 2.45) is 0 Å². The Morgan fingerprint density at radius 2 is 1.82 bits per heavy atom. The van der Waals surface area contributed by atoms with Gasteiger partial charge in [0.1, 0.15) is 18.1 Å². The summed E-state index contributed by atoms with van der Waals surface area (Å²) in [6.45, 7) is 4.55. The molecule has 7 nitrogen and oxygen atoms in total. The molecule has 0 spiro atoms. The first-order chi connectivity index (χ1) is 16.6. The van der Waals surface area contributed by atoms with Crippen molar-refractivity contribution in [3.63, 3.8) is 0 Å². The minimum absolute atomic E-state index is 0.182. The van der Waals surface area contributed by atoms with Crippen LogP contribution in [0.15, 0.2) is 83.6 Å². The Labute approximate surface area is 197 Å². The number of nitrogens with zero attached hydrogens (tertiary/aromatic N) is 3. The number of hydrogen-bond acceptors (Lipinski definition) is 5. The lowest BCUT2D eigenvalue weighted by Crippen LogP contribution is -2.15. The topological polar surface area (TPSA) is 82.2 Å². The summed E-state index contributed by atoms with van der Waals surface area (Å²) >= 11 is 0. The summed E-state index contributed by atoms with van der Waals surface area (Å²) in [5.41, 5.74) is 3.69. The number of carbonyl (C=O) groups is 1. The highest BCUT2D eigenvalue weighted by Crippen LogP contribution is 2.21. The van der Waals surface area contributed by atoms with Crippen LogP contribution in [-0.2, 0) is 13.2 Å². The van der Waals surface area contributed by atoms with Crippen molar-refractivity contribution < 1.29 is 14.1 Å². The van der Waals surface area contributed by atoms with Crippen molar-refractivity contribution in [1.82, 2.24) is 14.9 Å². The van der Waals surface area contributed by atoms with Crippen LogP contribution in [0.3, 0.4) is 0 Å². The molecule has 0 aliphatic carbocycles. The Morgan fingerprint density at radius 3 is 2.68 bits per heavy atom. The molecule has 0 unspecified atom stereocenters. The summed E-state index contributed by atoms with van der Waals surface area (Å²) < 4.78 is 12.9. The second-order valence-corrected chi connectivity index (χ2v) is 8.19. The summed E-state index contributed by atoms with van der Waals surface area (Å²) in [4.78, 5) is 12.9. The predicted molar refractivity (Wildman–Crippen MR) is 130 cm³/mol. The normalized spacial score (nSPS) is 11.0. The van der Waals surface area contributed by atoms with Crippen LogP contribution in [0.25, 0.3) is 10.8 Å². The highest BCUT2D eigenvalue weighted by Gasteiger charge is 2.21. The fraction of sp³-hybridized carbons (Fsp3) is 0.148. The molecule has 170 valence electrons. The van der Waals surface area contributed by atoms with E-state index in [-0.39, 0.29) is 18.2 Å². The minimum Gasteiger partial charge on any atom is -0.489 e. The number of anilines is 1. The minimum atomic E-state index is -0.371. The number of nitrogens with one attached hydrogen (secondary N) is 1. The van der Waals surface area contributed by atoms with Gasteiger partial charge in [0.05, 0.1) is 24.0 Å².